The molecule has 1 aromatic rings. The van der Waals surface area contributed by atoms with Gasteiger partial charge in [0.25, 0.3) is 0 Å². The highest BCUT2D eigenvalue weighted by Crippen LogP contribution is 2.24. The molecule has 2 unspecified atom stereocenters. The van der Waals surface area contributed by atoms with Crippen molar-refractivity contribution in [2.75, 3.05) is 5.75 Å². The number of carboxylic acids is 1. The Labute approximate surface area is 189 Å². The second kappa shape index (κ2) is 15.6. The Balaban J connectivity index is 2.17. The molecule has 0 saturated carbocycles. The second-order valence-corrected chi connectivity index (χ2v) is 10.6. The minimum atomic E-state index is -0.849. The molecule has 170 valence electrons. The Bertz CT molecular complexity index is 636. The quantitative estimate of drug-likeness (QED) is 0.209. The molecule has 2 nitrogen and oxygen atoms in total. The smallest absolute Gasteiger partial charge is 0.336 e. The third-order valence-electron chi connectivity index (χ3n) is 5.93. The van der Waals surface area contributed by atoms with Gasteiger partial charge in [0.2, 0.25) is 0 Å². The van der Waals surface area contributed by atoms with E-state index >= 15 is 0 Å². The number of carboxylic acid groups (broad SMARTS) is 1. The van der Waals surface area contributed by atoms with E-state index in [2.05, 4.69) is 40.7 Å². The number of hydrogen-bond acceptors (Lipinski definition) is 2. The van der Waals surface area contributed by atoms with Crippen LogP contribution >= 0.6 is 11.8 Å². The highest BCUT2D eigenvalue weighted by molar-refractivity contribution is 7.99. The molecular weight excluding hydrogens is 388 g/mol. The van der Waals surface area contributed by atoms with E-state index in [0.29, 0.717) is 5.56 Å². The maximum atomic E-state index is 11.3. The monoisotopic (exact) mass is 432 g/mol. The van der Waals surface area contributed by atoms with Gasteiger partial charge < -0.3 is 5.11 Å². The lowest BCUT2D eigenvalue weighted by Crippen LogP contribution is -2.00. The summed E-state index contributed by atoms with van der Waals surface area (Å²) < 4.78 is 0. The number of hydrogen-bond donors (Lipinski definition) is 1. The Hall–Kier alpha value is -1.22. The van der Waals surface area contributed by atoms with Crippen molar-refractivity contribution in [1.29, 1.82) is 0 Å². The molecule has 0 radical (unpaired) electrons. The minimum Gasteiger partial charge on any atom is -0.478 e. The van der Waals surface area contributed by atoms with E-state index in [0.717, 1.165) is 34.8 Å². The summed E-state index contributed by atoms with van der Waals surface area (Å²) in [6.07, 6.45) is 14.2. The molecule has 1 N–H and O–H groups in total. The van der Waals surface area contributed by atoms with Crippen LogP contribution in [0.5, 0.6) is 0 Å². The van der Waals surface area contributed by atoms with Gasteiger partial charge >= 0.3 is 5.97 Å². The summed E-state index contributed by atoms with van der Waals surface area (Å²) >= 11 is 1.61. The van der Waals surface area contributed by atoms with Crippen molar-refractivity contribution in [2.45, 2.75) is 97.3 Å². The van der Waals surface area contributed by atoms with E-state index in [4.69, 9.17) is 0 Å². The van der Waals surface area contributed by atoms with E-state index in [9.17, 15) is 9.90 Å². The fourth-order valence-electron chi connectivity index (χ4n) is 3.85. The zero-order chi connectivity index (χ0) is 22.4. The fourth-order valence-corrected chi connectivity index (χ4v) is 4.89. The summed E-state index contributed by atoms with van der Waals surface area (Å²) in [5, 5.41) is 9.26. The van der Waals surface area contributed by atoms with Crippen molar-refractivity contribution in [3.8, 4) is 0 Å². The molecule has 2 atom stereocenters. The van der Waals surface area contributed by atoms with Crippen LogP contribution in [-0.2, 0) is 0 Å². The summed E-state index contributed by atoms with van der Waals surface area (Å²) in [7, 11) is 0. The number of carbonyl (C=O) groups is 1. The number of thioether (sulfide) groups is 1. The van der Waals surface area contributed by atoms with Crippen LogP contribution in [0.4, 0.5) is 0 Å². The van der Waals surface area contributed by atoms with Gasteiger partial charge in [0.1, 0.15) is 0 Å². The van der Waals surface area contributed by atoms with E-state index in [1.165, 1.54) is 56.9 Å². The third-order valence-corrected chi connectivity index (χ3v) is 6.93. The Morgan fingerprint density at radius 3 is 2.10 bits per heavy atom. The third kappa shape index (κ3) is 12.5. The molecule has 1 rings (SSSR count). The molecule has 30 heavy (non-hydrogen) atoms. The van der Waals surface area contributed by atoms with Crippen LogP contribution in [-0.4, -0.2) is 16.8 Å². The predicted molar refractivity (Wildman–Crippen MR) is 133 cm³/mol. The number of benzene rings is 1. The maximum Gasteiger partial charge on any atom is 0.336 e. The van der Waals surface area contributed by atoms with Crippen LogP contribution in [0.3, 0.4) is 0 Å². The molecule has 0 aliphatic carbocycles. The molecule has 0 saturated heterocycles. The van der Waals surface area contributed by atoms with Crippen molar-refractivity contribution in [3.05, 3.63) is 41.5 Å². The number of allylic oxidation sites excluding steroid dienone is 1. The largest absolute Gasteiger partial charge is 0.478 e. The first kappa shape index (κ1) is 26.8. The van der Waals surface area contributed by atoms with Crippen LogP contribution < -0.4 is 0 Å². The molecule has 3 heteroatoms. The van der Waals surface area contributed by atoms with Gasteiger partial charge in [0.15, 0.2) is 0 Å². The van der Waals surface area contributed by atoms with Crippen LogP contribution in [0.2, 0.25) is 0 Å². The van der Waals surface area contributed by atoms with Gasteiger partial charge in [-0.1, -0.05) is 96.4 Å². The zero-order valence-electron chi connectivity index (χ0n) is 20.0. The van der Waals surface area contributed by atoms with Gasteiger partial charge in [0.05, 0.1) is 5.56 Å². The summed E-state index contributed by atoms with van der Waals surface area (Å²) in [6.45, 7) is 11.7. The van der Waals surface area contributed by atoms with Crippen LogP contribution in [0.25, 0.3) is 0 Å². The molecule has 0 aliphatic rings. The molecule has 0 heterocycles. The van der Waals surface area contributed by atoms with E-state index in [1.807, 2.05) is 12.1 Å². The topological polar surface area (TPSA) is 37.3 Å². The van der Waals surface area contributed by atoms with Gasteiger partial charge in [-0.15, -0.1) is 11.8 Å². The summed E-state index contributed by atoms with van der Waals surface area (Å²) in [5.74, 6) is 2.52. The molecule has 0 bridgehead atoms. The average molecular weight is 433 g/mol. The molecule has 0 spiro atoms. The first-order valence-electron chi connectivity index (χ1n) is 11.9. The lowest BCUT2D eigenvalue weighted by atomic mass is 9.91. The summed E-state index contributed by atoms with van der Waals surface area (Å²) in [4.78, 5) is 12.1. The van der Waals surface area contributed by atoms with Crippen molar-refractivity contribution in [2.24, 2.45) is 17.8 Å². The molecule has 1 aromatic carbocycles. The maximum absolute atomic E-state index is 11.3. The van der Waals surface area contributed by atoms with Crippen LogP contribution in [0, 0.1) is 17.8 Å². The highest BCUT2D eigenvalue weighted by Gasteiger charge is 2.09. The van der Waals surface area contributed by atoms with Crippen molar-refractivity contribution < 1.29 is 9.90 Å². The predicted octanol–water partition coefficient (Wildman–Crippen LogP) is 8.86. The Kier molecular flexibility index (Phi) is 13.9. The standard InChI is InChI=1S/C27H44O2S/c1-21(2)11-8-12-22(3)13-9-14-23(4)15-10-16-24(5)19-20-30-26-18-7-6-17-25(26)27(28)29/h6-7,17-19,21-23H,8-16,20H2,1-5H3,(H,28,29)/b24-19+. The first-order chi connectivity index (χ1) is 14.3. The van der Waals surface area contributed by atoms with Gasteiger partial charge in [0, 0.05) is 10.6 Å². The lowest BCUT2D eigenvalue weighted by Gasteiger charge is -2.15. The van der Waals surface area contributed by atoms with Crippen molar-refractivity contribution >= 4 is 17.7 Å². The van der Waals surface area contributed by atoms with E-state index in [1.54, 1.807) is 23.9 Å². The van der Waals surface area contributed by atoms with Crippen molar-refractivity contribution in [1.82, 2.24) is 0 Å². The average Bonchev–Trinajstić information content (AvgIpc) is 2.68. The van der Waals surface area contributed by atoms with E-state index in [-0.39, 0.29) is 0 Å². The zero-order valence-corrected chi connectivity index (χ0v) is 20.8. The van der Waals surface area contributed by atoms with Gasteiger partial charge in [-0.3, -0.25) is 0 Å². The lowest BCUT2D eigenvalue weighted by molar-refractivity contribution is 0.0693. The van der Waals surface area contributed by atoms with Crippen LogP contribution in [0.1, 0.15) is 103 Å². The SMILES string of the molecule is C/C(=C\CSc1ccccc1C(=O)O)CCCC(C)CCCC(C)CCCC(C)C. The number of rotatable bonds is 16. The molecule has 0 amide bonds. The van der Waals surface area contributed by atoms with Crippen LogP contribution in [0.15, 0.2) is 40.8 Å². The van der Waals surface area contributed by atoms with Gasteiger partial charge in [-0.2, -0.15) is 0 Å². The summed E-state index contributed by atoms with van der Waals surface area (Å²) in [5.41, 5.74) is 1.82. The Morgan fingerprint density at radius 2 is 1.50 bits per heavy atom. The highest BCUT2D eigenvalue weighted by atomic mass is 32.2. The second-order valence-electron chi connectivity index (χ2n) is 9.52. The van der Waals surface area contributed by atoms with E-state index < -0.39 is 5.97 Å². The Morgan fingerprint density at radius 1 is 0.933 bits per heavy atom. The van der Waals surface area contributed by atoms with Crippen molar-refractivity contribution in [3.63, 3.8) is 0 Å². The fraction of sp³-hybridized carbons (Fsp3) is 0.667. The van der Waals surface area contributed by atoms with Gasteiger partial charge in [-0.25, -0.2) is 4.79 Å². The minimum absolute atomic E-state index is 0.400. The molecular formula is C27H44O2S. The van der Waals surface area contributed by atoms with Gasteiger partial charge in [-0.05, 0) is 49.7 Å². The first-order valence-corrected chi connectivity index (χ1v) is 12.9. The normalized spacial score (nSPS) is 14.1. The number of aromatic carboxylic acids is 1. The molecule has 0 aromatic heterocycles. The summed E-state index contributed by atoms with van der Waals surface area (Å²) in [6, 6.07) is 7.25. The molecule has 0 aliphatic heterocycles. The molecule has 0 fully saturated rings.